The number of nitrogens with zero attached hydrogens (tertiary/aromatic N) is 3. The Morgan fingerprint density at radius 1 is 1.35 bits per heavy atom. The van der Waals surface area contributed by atoms with Crippen LogP contribution in [0.4, 0.5) is 5.82 Å². The van der Waals surface area contributed by atoms with Gasteiger partial charge >= 0.3 is 0 Å². The highest BCUT2D eigenvalue weighted by Crippen LogP contribution is 2.19. The first-order valence-corrected chi connectivity index (χ1v) is 7.77. The van der Waals surface area contributed by atoms with Crippen molar-refractivity contribution in [3.8, 4) is 0 Å². The number of hydrogen-bond acceptors (Lipinski definition) is 5. The van der Waals surface area contributed by atoms with E-state index in [1.54, 1.807) is 19.0 Å². The molecule has 1 aromatic rings. The molecule has 0 spiro atoms. The van der Waals surface area contributed by atoms with E-state index in [9.17, 15) is 13.2 Å². The zero-order valence-electron chi connectivity index (χ0n) is 11.5. The van der Waals surface area contributed by atoms with Crippen molar-refractivity contribution in [2.45, 2.75) is 11.3 Å². The first kappa shape index (κ1) is 14.7. The highest BCUT2D eigenvalue weighted by Gasteiger charge is 2.29. The molecule has 0 saturated carbocycles. The molecule has 1 saturated heterocycles. The quantitative estimate of drug-likeness (QED) is 0.848. The van der Waals surface area contributed by atoms with Crippen LogP contribution >= 0.6 is 0 Å². The molecular weight excluding hydrogens is 280 g/mol. The summed E-state index contributed by atoms with van der Waals surface area (Å²) in [5.41, 5.74) is 0. The van der Waals surface area contributed by atoms with Crippen molar-refractivity contribution in [1.82, 2.24) is 14.2 Å². The Labute approximate surface area is 118 Å². The number of amides is 1. The highest BCUT2D eigenvalue weighted by atomic mass is 32.2. The van der Waals surface area contributed by atoms with Gasteiger partial charge in [0.25, 0.3) is 0 Å². The smallest absolute Gasteiger partial charge is 0.243 e. The summed E-state index contributed by atoms with van der Waals surface area (Å²) in [6.45, 7) is 0.800. The standard InChI is InChI=1S/C12H18N4O3S/c1-13-11-8-10(4-5-14-11)20(18,19)16-7-3-6-15(2)12(17)9-16/h4-5,8H,3,6-7,9H2,1-2H3,(H,13,14). The van der Waals surface area contributed by atoms with Crippen LogP contribution in [0.3, 0.4) is 0 Å². The lowest BCUT2D eigenvalue weighted by atomic mass is 10.4. The third-order valence-electron chi connectivity index (χ3n) is 3.26. The average Bonchev–Trinajstić information content (AvgIpc) is 2.61. The molecule has 1 aliphatic heterocycles. The van der Waals surface area contributed by atoms with Crippen LogP contribution < -0.4 is 5.32 Å². The number of nitrogens with one attached hydrogen (secondary N) is 1. The lowest BCUT2D eigenvalue weighted by Gasteiger charge is -2.19. The lowest BCUT2D eigenvalue weighted by molar-refractivity contribution is -0.129. The third-order valence-corrected chi connectivity index (χ3v) is 5.10. The molecule has 1 fully saturated rings. The van der Waals surface area contributed by atoms with Gasteiger partial charge in [-0.15, -0.1) is 0 Å². The molecule has 0 aromatic carbocycles. The second kappa shape index (κ2) is 5.76. The Kier molecular flexibility index (Phi) is 4.24. The van der Waals surface area contributed by atoms with Crippen LogP contribution in [0, 0.1) is 0 Å². The highest BCUT2D eigenvalue weighted by molar-refractivity contribution is 7.89. The molecule has 110 valence electrons. The van der Waals surface area contributed by atoms with Gasteiger partial charge in [0, 0.05) is 39.4 Å². The summed E-state index contributed by atoms with van der Waals surface area (Å²) in [4.78, 5) is 17.5. The Bertz CT molecular complexity index is 602. The Morgan fingerprint density at radius 2 is 2.10 bits per heavy atom. The number of carbonyl (C=O) groups is 1. The van der Waals surface area contributed by atoms with Crippen LogP contribution in [-0.4, -0.2) is 62.2 Å². The summed E-state index contributed by atoms with van der Waals surface area (Å²) in [6.07, 6.45) is 2.07. The minimum absolute atomic E-state index is 0.115. The molecule has 7 nitrogen and oxygen atoms in total. The Balaban J connectivity index is 2.31. The van der Waals surface area contributed by atoms with Gasteiger partial charge in [-0.3, -0.25) is 4.79 Å². The topological polar surface area (TPSA) is 82.6 Å². The lowest BCUT2D eigenvalue weighted by Crippen LogP contribution is -2.38. The maximum Gasteiger partial charge on any atom is 0.243 e. The average molecular weight is 298 g/mol. The van der Waals surface area contributed by atoms with Gasteiger partial charge in [-0.05, 0) is 12.5 Å². The maximum atomic E-state index is 12.6. The molecule has 8 heteroatoms. The van der Waals surface area contributed by atoms with E-state index in [4.69, 9.17) is 0 Å². The molecular formula is C12H18N4O3S. The van der Waals surface area contributed by atoms with Crippen LogP contribution in [0.2, 0.25) is 0 Å². The number of anilines is 1. The number of likely N-dealkylation sites (N-methyl/N-ethyl adjacent to an activating group) is 1. The predicted molar refractivity (Wildman–Crippen MR) is 74.8 cm³/mol. The molecule has 0 radical (unpaired) electrons. The fraction of sp³-hybridized carbons (Fsp3) is 0.500. The van der Waals surface area contributed by atoms with Gasteiger partial charge in [-0.1, -0.05) is 0 Å². The van der Waals surface area contributed by atoms with E-state index >= 15 is 0 Å². The zero-order valence-corrected chi connectivity index (χ0v) is 12.4. The summed E-state index contributed by atoms with van der Waals surface area (Å²) in [5, 5.41) is 2.80. The van der Waals surface area contributed by atoms with Crippen molar-refractivity contribution >= 4 is 21.7 Å². The second-order valence-corrected chi connectivity index (χ2v) is 6.57. The van der Waals surface area contributed by atoms with Crippen LogP contribution in [0.5, 0.6) is 0 Å². The van der Waals surface area contributed by atoms with E-state index in [0.717, 1.165) is 0 Å². The number of carbonyl (C=O) groups excluding carboxylic acids is 1. The summed E-state index contributed by atoms with van der Waals surface area (Å²) >= 11 is 0. The van der Waals surface area contributed by atoms with E-state index < -0.39 is 10.0 Å². The van der Waals surface area contributed by atoms with E-state index in [-0.39, 0.29) is 17.3 Å². The molecule has 1 aliphatic rings. The molecule has 0 bridgehead atoms. The molecule has 1 N–H and O–H groups in total. The summed E-state index contributed by atoms with van der Waals surface area (Å²) in [7, 11) is -0.314. The van der Waals surface area contributed by atoms with Crippen LogP contribution in [-0.2, 0) is 14.8 Å². The van der Waals surface area contributed by atoms with Crippen LogP contribution in [0.15, 0.2) is 23.2 Å². The van der Waals surface area contributed by atoms with Crippen LogP contribution in [0.25, 0.3) is 0 Å². The van der Waals surface area contributed by atoms with E-state index in [1.165, 1.54) is 22.6 Å². The molecule has 0 unspecified atom stereocenters. The number of pyridine rings is 1. The molecule has 2 heterocycles. The van der Waals surface area contributed by atoms with E-state index in [2.05, 4.69) is 10.3 Å². The van der Waals surface area contributed by atoms with Crippen molar-refractivity contribution in [2.75, 3.05) is 39.0 Å². The molecule has 20 heavy (non-hydrogen) atoms. The Hall–Kier alpha value is -1.67. The van der Waals surface area contributed by atoms with Crippen molar-refractivity contribution < 1.29 is 13.2 Å². The van der Waals surface area contributed by atoms with Crippen molar-refractivity contribution in [3.05, 3.63) is 18.3 Å². The van der Waals surface area contributed by atoms with Gasteiger partial charge in [0.1, 0.15) is 5.82 Å². The monoisotopic (exact) mass is 298 g/mol. The zero-order chi connectivity index (χ0) is 14.8. The summed E-state index contributed by atoms with van der Waals surface area (Å²) in [5.74, 6) is 0.290. The SMILES string of the molecule is CNc1cc(S(=O)(=O)N2CCCN(C)C(=O)C2)ccn1. The maximum absolute atomic E-state index is 12.6. The van der Waals surface area contributed by atoms with Gasteiger partial charge in [0.15, 0.2) is 0 Å². The van der Waals surface area contributed by atoms with E-state index in [0.29, 0.717) is 25.3 Å². The molecule has 2 rings (SSSR count). The Morgan fingerprint density at radius 3 is 2.80 bits per heavy atom. The predicted octanol–water partition coefficient (Wildman–Crippen LogP) is -0.0239. The number of sulfonamides is 1. The number of rotatable bonds is 3. The van der Waals surface area contributed by atoms with Gasteiger partial charge in [-0.2, -0.15) is 4.31 Å². The van der Waals surface area contributed by atoms with Crippen molar-refractivity contribution in [2.24, 2.45) is 0 Å². The van der Waals surface area contributed by atoms with Crippen molar-refractivity contribution in [1.29, 1.82) is 0 Å². The third kappa shape index (κ3) is 2.91. The summed E-state index contributed by atoms with van der Waals surface area (Å²) in [6, 6.07) is 2.91. The number of hydrogen-bond donors (Lipinski definition) is 1. The van der Waals surface area contributed by atoms with Gasteiger partial charge < -0.3 is 10.2 Å². The first-order valence-electron chi connectivity index (χ1n) is 6.33. The van der Waals surface area contributed by atoms with Gasteiger partial charge in [-0.25, -0.2) is 13.4 Å². The normalized spacial score (nSPS) is 17.9. The fourth-order valence-corrected chi connectivity index (χ4v) is 3.46. The molecule has 1 aromatic heterocycles. The molecule has 1 amide bonds. The molecule has 0 atom stereocenters. The van der Waals surface area contributed by atoms with Crippen molar-refractivity contribution in [3.63, 3.8) is 0 Å². The minimum atomic E-state index is -3.67. The molecule has 0 aliphatic carbocycles. The largest absolute Gasteiger partial charge is 0.373 e. The first-order chi connectivity index (χ1) is 9.45. The summed E-state index contributed by atoms with van der Waals surface area (Å²) < 4.78 is 26.3. The van der Waals surface area contributed by atoms with Crippen LogP contribution in [0.1, 0.15) is 6.42 Å². The van der Waals surface area contributed by atoms with Gasteiger partial charge in [0.2, 0.25) is 15.9 Å². The van der Waals surface area contributed by atoms with Gasteiger partial charge in [0.05, 0.1) is 11.4 Å². The van der Waals surface area contributed by atoms with E-state index in [1.807, 2.05) is 0 Å². The number of aromatic nitrogens is 1. The second-order valence-electron chi connectivity index (χ2n) is 4.63. The minimum Gasteiger partial charge on any atom is -0.373 e. The fourth-order valence-electron chi connectivity index (χ4n) is 2.02.